The largest absolute Gasteiger partial charge is 0.497 e. The van der Waals surface area contributed by atoms with Crippen LogP contribution < -0.4 is 25.0 Å². The van der Waals surface area contributed by atoms with Gasteiger partial charge in [0.25, 0.3) is 0 Å². The molecule has 176 valence electrons. The van der Waals surface area contributed by atoms with E-state index in [1.165, 1.54) is 13.3 Å². The van der Waals surface area contributed by atoms with Gasteiger partial charge in [0, 0.05) is 11.8 Å². The van der Waals surface area contributed by atoms with E-state index in [2.05, 4.69) is 15.8 Å². The van der Waals surface area contributed by atoms with E-state index >= 15 is 0 Å². The van der Waals surface area contributed by atoms with Gasteiger partial charge in [0.1, 0.15) is 12.4 Å². The lowest BCUT2D eigenvalue weighted by Crippen LogP contribution is -2.32. The van der Waals surface area contributed by atoms with E-state index in [1.807, 2.05) is 37.3 Å². The summed E-state index contributed by atoms with van der Waals surface area (Å²) in [6, 6.07) is 19.6. The number of ether oxygens (including phenoxy) is 3. The quantitative estimate of drug-likeness (QED) is 0.268. The highest BCUT2D eigenvalue weighted by Gasteiger charge is 2.14. The van der Waals surface area contributed by atoms with Crippen molar-refractivity contribution in [1.82, 2.24) is 5.43 Å². The Kier molecular flexibility index (Phi) is 8.88. The molecule has 0 aliphatic rings. The summed E-state index contributed by atoms with van der Waals surface area (Å²) in [5.41, 5.74) is 4.14. The second-order valence-electron chi connectivity index (χ2n) is 6.92. The molecule has 8 nitrogen and oxygen atoms in total. The normalized spacial score (nSPS) is 10.6. The summed E-state index contributed by atoms with van der Waals surface area (Å²) >= 11 is 6.42. The zero-order valence-electron chi connectivity index (χ0n) is 18.7. The Labute approximate surface area is 202 Å². The second-order valence-corrected chi connectivity index (χ2v) is 7.33. The first-order chi connectivity index (χ1) is 16.5. The zero-order chi connectivity index (χ0) is 24.3. The summed E-state index contributed by atoms with van der Waals surface area (Å²) in [7, 11) is 1.51. The Morgan fingerprint density at radius 2 is 1.79 bits per heavy atom. The average Bonchev–Trinajstić information content (AvgIpc) is 2.84. The number of methoxy groups -OCH3 is 1. The van der Waals surface area contributed by atoms with E-state index in [1.54, 1.807) is 36.4 Å². The third-order valence-corrected chi connectivity index (χ3v) is 4.75. The fraction of sp³-hybridized carbons (Fsp3) is 0.160. The first-order valence-corrected chi connectivity index (χ1v) is 10.8. The van der Waals surface area contributed by atoms with E-state index in [4.69, 9.17) is 25.8 Å². The van der Waals surface area contributed by atoms with Crippen LogP contribution in [0.2, 0.25) is 5.02 Å². The molecule has 2 N–H and O–H groups in total. The van der Waals surface area contributed by atoms with Crippen LogP contribution in [-0.2, 0) is 16.2 Å². The highest BCUT2D eigenvalue weighted by atomic mass is 35.5. The molecule has 3 aromatic carbocycles. The van der Waals surface area contributed by atoms with Gasteiger partial charge in [-0.2, -0.15) is 5.10 Å². The maximum atomic E-state index is 12.1. The number of benzene rings is 3. The number of hydrogen-bond acceptors (Lipinski definition) is 6. The maximum Gasteiger partial charge on any atom is 0.329 e. The minimum absolute atomic E-state index is 0.324. The molecule has 0 atom stereocenters. The second kappa shape index (κ2) is 12.3. The highest BCUT2D eigenvalue weighted by Crippen LogP contribution is 2.37. The molecule has 0 fully saturated rings. The van der Waals surface area contributed by atoms with Gasteiger partial charge in [0.2, 0.25) is 0 Å². The van der Waals surface area contributed by atoms with Gasteiger partial charge in [0.05, 0.1) is 25.0 Å². The van der Waals surface area contributed by atoms with Gasteiger partial charge in [0.15, 0.2) is 11.5 Å². The molecule has 3 aromatic rings. The smallest absolute Gasteiger partial charge is 0.329 e. The molecule has 2 amide bonds. The number of halogens is 1. The Morgan fingerprint density at radius 3 is 2.53 bits per heavy atom. The topological polar surface area (TPSA) is 98.2 Å². The highest BCUT2D eigenvalue weighted by molar-refractivity contribution is 6.39. The average molecular weight is 482 g/mol. The lowest BCUT2D eigenvalue weighted by atomic mass is 10.2. The van der Waals surface area contributed by atoms with E-state index in [0.29, 0.717) is 46.7 Å². The number of amides is 2. The number of hydrazone groups is 1. The number of rotatable bonds is 9. The lowest BCUT2D eigenvalue weighted by Gasteiger charge is -2.14. The van der Waals surface area contributed by atoms with Crippen LogP contribution in [0.15, 0.2) is 71.8 Å². The van der Waals surface area contributed by atoms with Gasteiger partial charge < -0.3 is 19.5 Å². The number of carbonyl (C=O) groups excluding carboxylic acids is 2. The number of anilines is 1. The van der Waals surface area contributed by atoms with Crippen molar-refractivity contribution in [2.24, 2.45) is 5.10 Å². The van der Waals surface area contributed by atoms with Crippen LogP contribution in [0.3, 0.4) is 0 Å². The van der Waals surface area contributed by atoms with Crippen molar-refractivity contribution in [3.8, 4) is 17.2 Å². The Balaban J connectivity index is 1.63. The SMILES string of the molecule is CCOc1cc(/C=N\NC(=O)C(=O)Nc2cccc(OC)c2)cc(Cl)c1OCc1ccccc1. The zero-order valence-corrected chi connectivity index (χ0v) is 19.5. The van der Waals surface area contributed by atoms with Crippen LogP contribution in [0.4, 0.5) is 5.69 Å². The lowest BCUT2D eigenvalue weighted by molar-refractivity contribution is -0.136. The van der Waals surface area contributed by atoms with Crippen molar-refractivity contribution >= 4 is 35.3 Å². The molecule has 9 heteroatoms. The van der Waals surface area contributed by atoms with Gasteiger partial charge in [-0.15, -0.1) is 0 Å². The predicted molar refractivity (Wildman–Crippen MR) is 131 cm³/mol. The predicted octanol–water partition coefficient (Wildman–Crippen LogP) is 4.42. The summed E-state index contributed by atoms with van der Waals surface area (Å²) in [6.07, 6.45) is 1.35. The van der Waals surface area contributed by atoms with E-state index in [-0.39, 0.29) is 0 Å². The van der Waals surface area contributed by atoms with E-state index in [9.17, 15) is 9.59 Å². The van der Waals surface area contributed by atoms with Crippen LogP contribution >= 0.6 is 11.6 Å². The number of carbonyl (C=O) groups is 2. The van der Waals surface area contributed by atoms with Crippen LogP contribution in [0.1, 0.15) is 18.1 Å². The van der Waals surface area contributed by atoms with Crippen molar-refractivity contribution in [3.05, 3.63) is 82.9 Å². The van der Waals surface area contributed by atoms with Crippen molar-refractivity contribution in [1.29, 1.82) is 0 Å². The molecule has 0 saturated heterocycles. The summed E-state index contributed by atoms with van der Waals surface area (Å²) in [6.45, 7) is 2.57. The van der Waals surface area contributed by atoms with Crippen molar-refractivity contribution in [2.45, 2.75) is 13.5 Å². The maximum absolute atomic E-state index is 12.1. The molecular formula is C25H24ClN3O5. The molecule has 0 heterocycles. The summed E-state index contributed by atoms with van der Waals surface area (Å²) in [4.78, 5) is 24.1. The molecule has 0 aliphatic carbocycles. The molecule has 0 aromatic heterocycles. The fourth-order valence-electron chi connectivity index (χ4n) is 2.90. The van der Waals surface area contributed by atoms with Gasteiger partial charge in [-0.05, 0) is 42.3 Å². The van der Waals surface area contributed by atoms with Gasteiger partial charge in [-0.25, -0.2) is 5.43 Å². The molecular weight excluding hydrogens is 458 g/mol. The third kappa shape index (κ3) is 6.98. The summed E-state index contributed by atoms with van der Waals surface area (Å²) in [5, 5.41) is 6.64. The Bertz CT molecular complexity index is 1170. The first kappa shape index (κ1) is 24.6. The first-order valence-electron chi connectivity index (χ1n) is 10.4. The van der Waals surface area contributed by atoms with Crippen LogP contribution in [-0.4, -0.2) is 31.7 Å². The Morgan fingerprint density at radius 1 is 1.00 bits per heavy atom. The molecule has 0 unspecified atom stereocenters. The third-order valence-electron chi connectivity index (χ3n) is 4.47. The molecule has 0 spiro atoms. The van der Waals surface area contributed by atoms with Gasteiger partial charge in [-0.1, -0.05) is 48.0 Å². The summed E-state index contributed by atoms with van der Waals surface area (Å²) in [5.74, 6) is -0.406. The number of nitrogens with zero attached hydrogens (tertiary/aromatic N) is 1. The van der Waals surface area contributed by atoms with Crippen molar-refractivity contribution < 1.29 is 23.8 Å². The van der Waals surface area contributed by atoms with Crippen molar-refractivity contribution in [2.75, 3.05) is 19.0 Å². The minimum Gasteiger partial charge on any atom is -0.497 e. The molecule has 0 aliphatic heterocycles. The van der Waals surface area contributed by atoms with Crippen LogP contribution in [0.5, 0.6) is 17.2 Å². The minimum atomic E-state index is -0.932. The Hall–Kier alpha value is -4.04. The molecule has 34 heavy (non-hydrogen) atoms. The molecule has 0 bridgehead atoms. The van der Waals surface area contributed by atoms with E-state index in [0.717, 1.165) is 5.56 Å². The summed E-state index contributed by atoms with van der Waals surface area (Å²) < 4.78 is 16.6. The van der Waals surface area contributed by atoms with Gasteiger partial charge >= 0.3 is 11.8 Å². The standard InChI is InChI=1S/C25H24ClN3O5/c1-3-33-22-13-18(12-21(26)23(22)34-16-17-8-5-4-6-9-17)15-27-29-25(31)24(30)28-19-10-7-11-20(14-19)32-2/h4-15H,3,16H2,1-2H3,(H,28,30)(H,29,31)/b27-15-. The molecule has 0 radical (unpaired) electrons. The number of hydrogen-bond donors (Lipinski definition) is 2. The monoisotopic (exact) mass is 481 g/mol. The molecule has 0 saturated carbocycles. The van der Waals surface area contributed by atoms with Crippen LogP contribution in [0.25, 0.3) is 0 Å². The van der Waals surface area contributed by atoms with Crippen LogP contribution in [0, 0.1) is 0 Å². The van der Waals surface area contributed by atoms with E-state index < -0.39 is 11.8 Å². The fourth-order valence-corrected chi connectivity index (χ4v) is 3.17. The number of nitrogens with one attached hydrogen (secondary N) is 2. The van der Waals surface area contributed by atoms with Crippen molar-refractivity contribution in [3.63, 3.8) is 0 Å². The van der Waals surface area contributed by atoms with Gasteiger partial charge in [-0.3, -0.25) is 9.59 Å². The molecule has 3 rings (SSSR count).